The summed E-state index contributed by atoms with van der Waals surface area (Å²) in [6.45, 7) is 1.83. The highest BCUT2D eigenvalue weighted by molar-refractivity contribution is 8.00. The van der Waals surface area contributed by atoms with Crippen LogP contribution in [0.2, 0.25) is 0 Å². The number of fused-ring (bicyclic) bond motifs is 1. The van der Waals surface area contributed by atoms with E-state index in [1.54, 1.807) is 12.1 Å². The molecule has 1 aromatic rings. The summed E-state index contributed by atoms with van der Waals surface area (Å²) >= 11 is 1.46. The van der Waals surface area contributed by atoms with Crippen molar-refractivity contribution in [1.29, 1.82) is 5.26 Å². The van der Waals surface area contributed by atoms with Gasteiger partial charge in [0, 0.05) is 10.6 Å². The van der Waals surface area contributed by atoms with Crippen LogP contribution in [0.15, 0.2) is 23.1 Å². The number of hydrogen-bond acceptors (Lipinski definition) is 4. The molecule has 0 aliphatic carbocycles. The number of anilines is 2. The second kappa shape index (κ2) is 4.47. The maximum atomic E-state index is 11.5. The fourth-order valence-corrected chi connectivity index (χ4v) is 2.38. The molecule has 0 bridgehead atoms. The molecule has 1 aliphatic heterocycles. The fourth-order valence-electron chi connectivity index (χ4n) is 1.45. The number of nitrogens with zero attached hydrogens (tertiary/aromatic N) is 1. The molecule has 0 saturated heterocycles. The number of amides is 2. The smallest absolute Gasteiger partial charge is 0.324 e. The second-order valence-electron chi connectivity index (χ2n) is 3.53. The Morgan fingerprint density at radius 2 is 2.35 bits per heavy atom. The van der Waals surface area contributed by atoms with Crippen LogP contribution >= 0.6 is 11.8 Å². The van der Waals surface area contributed by atoms with Gasteiger partial charge >= 0.3 is 5.91 Å². The Bertz CT molecular complexity index is 536. The van der Waals surface area contributed by atoms with Gasteiger partial charge in [-0.3, -0.25) is 9.59 Å². The Morgan fingerprint density at radius 1 is 1.59 bits per heavy atom. The van der Waals surface area contributed by atoms with E-state index >= 15 is 0 Å². The molecule has 0 fully saturated rings. The summed E-state index contributed by atoms with van der Waals surface area (Å²) in [7, 11) is 0. The van der Waals surface area contributed by atoms with Crippen LogP contribution in [-0.4, -0.2) is 17.1 Å². The zero-order chi connectivity index (χ0) is 12.4. The Morgan fingerprint density at radius 3 is 3.06 bits per heavy atom. The van der Waals surface area contributed by atoms with Crippen molar-refractivity contribution in [2.75, 3.05) is 10.6 Å². The fraction of sp³-hybridized carbons (Fsp3) is 0.182. The lowest BCUT2D eigenvalue weighted by Gasteiger charge is -2.21. The minimum atomic E-state index is -0.729. The van der Waals surface area contributed by atoms with E-state index in [0.717, 1.165) is 4.90 Å². The van der Waals surface area contributed by atoms with E-state index in [0.29, 0.717) is 11.4 Å². The van der Waals surface area contributed by atoms with Crippen LogP contribution in [0.3, 0.4) is 0 Å². The van der Waals surface area contributed by atoms with Crippen molar-refractivity contribution >= 4 is 35.0 Å². The van der Waals surface area contributed by atoms with Crippen LogP contribution in [0.4, 0.5) is 11.4 Å². The lowest BCUT2D eigenvalue weighted by Crippen LogP contribution is -2.26. The molecule has 1 aromatic carbocycles. The normalized spacial score (nSPS) is 17.6. The summed E-state index contributed by atoms with van der Waals surface area (Å²) < 4.78 is 0. The Labute approximate surface area is 102 Å². The number of benzene rings is 1. The van der Waals surface area contributed by atoms with Crippen molar-refractivity contribution in [2.24, 2.45) is 0 Å². The first-order valence-electron chi connectivity index (χ1n) is 4.93. The molecule has 6 heteroatoms. The van der Waals surface area contributed by atoms with Gasteiger partial charge in [-0.1, -0.05) is 0 Å². The number of carbonyl (C=O) groups is 2. The minimum absolute atomic E-state index is 0.0636. The number of nitriles is 1. The standard InChI is InChI=1S/C11H9N3O2S/c1-6-11(16)14-8-4-7(13-10(15)5-12)2-3-9(8)17-6/h2-4,6H,1H3,(H,13,15)(H,14,16). The maximum absolute atomic E-state index is 11.5. The molecule has 0 radical (unpaired) electrons. The van der Waals surface area contributed by atoms with E-state index in [9.17, 15) is 9.59 Å². The highest BCUT2D eigenvalue weighted by Crippen LogP contribution is 2.36. The molecule has 86 valence electrons. The van der Waals surface area contributed by atoms with E-state index < -0.39 is 5.91 Å². The highest BCUT2D eigenvalue weighted by Gasteiger charge is 2.23. The first-order chi connectivity index (χ1) is 8.10. The van der Waals surface area contributed by atoms with Crippen LogP contribution in [-0.2, 0) is 9.59 Å². The van der Waals surface area contributed by atoms with Crippen LogP contribution in [0, 0.1) is 11.3 Å². The molecule has 17 heavy (non-hydrogen) atoms. The zero-order valence-electron chi connectivity index (χ0n) is 8.98. The van der Waals surface area contributed by atoms with Crippen LogP contribution < -0.4 is 10.6 Å². The molecule has 0 aromatic heterocycles. The third-order valence-corrected chi connectivity index (χ3v) is 3.45. The number of carbonyl (C=O) groups excluding carboxylic acids is 2. The molecule has 5 nitrogen and oxygen atoms in total. The summed E-state index contributed by atoms with van der Waals surface area (Å²) in [6, 6.07) is 6.62. The average Bonchev–Trinajstić information content (AvgIpc) is 2.31. The Kier molecular flexibility index (Phi) is 3.02. The largest absolute Gasteiger partial charge is 0.326 e. The monoisotopic (exact) mass is 247 g/mol. The molecule has 2 rings (SSSR count). The third-order valence-electron chi connectivity index (χ3n) is 2.27. The molecule has 0 spiro atoms. The zero-order valence-corrected chi connectivity index (χ0v) is 9.80. The summed E-state index contributed by atoms with van der Waals surface area (Å²) in [5, 5.41) is 13.4. The van der Waals surface area contributed by atoms with E-state index in [1.807, 2.05) is 13.0 Å². The molecule has 2 amide bonds. The van der Waals surface area contributed by atoms with Gasteiger partial charge < -0.3 is 10.6 Å². The average molecular weight is 247 g/mol. The lowest BCUT2D eigenvalue weighted by atomic mass is 10.2. The summed E-state index contributed by atoms with van der Waals surface area (Å²) in [4.78, 5) is 23.3. The molecule has 0 saturated carbocycles. The quantitative estimate of drug-likeness (QED) is 0.738. The van der Waals surface area contributed by atoms with Crippen LogP contribution in [0.25, 0.3) is 0 Å². The van der Waals surface area contributed by atoms with Gasteiger partial charge in [0.25, 0.3) is 0 Å². The molecule has 1 atom stereocenters. The van der Waals surface area contributed by atoms with Crippen molar-refractivity contribution in [2.45, 2.75) is 17.1 Å². The predicted octanol–water partition coefficient (Wildman–Crippen LogP) is 1.58. The van der Waals surface area contributed by atoms with Gasteiger partial charge in [0.1, 0.15) is 0 Å². The van der Waals surface area contributed by atoms with Gasteiger partial charge in [-0.15, -0.1) is 11.8 Å². The molecular formula is C11H9N3O2S. The van der Waals surface area contributed by atoms with Gasteiger partial charge in [-0.2, -0.15) is 5.26 Å². The Balaban J connectivity index is 2.26. The first kappa shape index (κ1) is 11.5. The molecule has 2 N–H and O–H groups in total. The number of thioether (sulfide) groups is 1. The molecule has 1 heterocycles. The second-order valence-corrected chi connectivity index (χ2v) is 4.91. The minimum Gasteiger partial charge on any atom is -0.324 e. The molecule has 1 aliphatic rings. The van der Waals surface area contributed by atoms with Gasteiger partial charge in [-0.25, -0.2) is 0 Å². The Hall–Kier alpha value is -2.00. The van der Waals surface area contributed by atoms with Gasteiger partial charge in [0.2, 0.25) is 5.91 Å². The number of nitrogens with one attached hydrogen (secondary N) is 2. The van der Waals surface area contributed by atoms with Crippen molar-refractivity contribution < 1.29 is 9.59 Å². The summed E-state index contributed by atoms with van der Waals surface area (Å²) in [5.74, 6) is -0.792. The SMILES string of the molecule is CC1Sc2ccc(NC(=O)C#N)cc2NC1=O. The third kappa shape index (κ3) is 2.40. The summed E-state index contributed by atoms with van der Waals surface area (Å²) in [6.07, 6.45) is 0. The topological polar surface area (TPSA) is 82.0 Å². The lowest BCUT2D eigenvalue weighted by molar-refractivity contribution is -0.115. The van der Waals surface area contributed by atoms with Gasteiger partial charge in [-0.05, 0) is 25.1 Å². The summed E-state index contributed by atoms with van der Waals surface area (Å²) in [5.41, 5.74) is 1.15. The van der Waals surface area contributed by atoms with E-state index in [4.69, 9.17) is 5.26 Å². The van der Waals surface area contributed by atoms with E-state index in [2.05, 4.69) is 10.6 Å². The molecular weight excluding hydrogens is 238 g/mol. The van der Waals surface area contributed by atoms with E-state index in [1.165, 1.54) is 17.8 Å². The van der Waals surface area contributed by atoms with Gasteiger partial charge in [0.15, 0.2) is 6.07 Å². The first-order valence-corrected chi connectivity index (χ1v) is 5.81. The van der Waals surface area contributed by atoms with Crippen molar-refractivity contribution in [3.8, 4) is 6.07 Å². The van der Waals surface area contributed by atoms with E-state index in [-0.39, 0.29) is 11.2 Å². The van der Waals surface area contributed by atoms with Crippen molar-refractivity contribution in [1.82, 2.24) is 0 Å². The van der Waals surface area contributed by atoms with Crippen molar-refractivity contribution in [3.05, 3.63) is 18.2 Å². The predicted molar refractivity (Wildman–Crippen MR) is 64.6 cm³/mol. The number of rotatable bonds is 1. The van der Waals surface area contributed by atoms with Gasteiger partial charge in [0.05, 0.1) is 10.9 Å². The number of hydrogen-bond donors (Lipinski definition) is 2. The molecule has 1 unspecified atom stereocenters. The highest BCUT2D eigenvalue weighted by atomic mass is 32.2. The van der Waals surface area contributed by atoms with Crippen LogP contribution in [0.5, 0.6) is 0 Å². The van der Waals surface area contributed by atoms with Crippen molar-refractivity contribution in [3.63, 3.8) is 0 Å². The maximum Gasteiger partial charge on any atom is 0.326 e. The van der Waals surface area contributed by atoms with Crippen LogP contribution in [0.1, 0.15) is 6.92 Å².